The molecular weight excluding hydrogens is 342 g/mol. The molecule has 2 saturated heterocycles. The molecule has 0 N–H and O–H groups in total. The number of carbonyl (C=O) groups excluding carboxylic acids is 1. The lowest BCUT2D eigenvalue weighted by molar-refractivity contribution is 0.0627. The Labute approximate surface area is 157 Å². The SMILES string of the molecule is CN1C[C@]2(CCN(Cc3cnc4c(-c5ccccc5)cnn4c3)C2)OC1=O. The van der Waals surface area contributed by atoms with Gasteiger partial charge >= 0.3 is 6.09 Å². The Morgan fingerprint density at radius 3 is 2.81 bits per heavy atom. The van der Waals surface area contributed by atoms with Gasteiger partial charge in [0, 0.05) is 56.6 Å². The third-order valence-electron chi connectivity index (χ3n) is 5.44. The van der Waals surface area contributed by atoms with E-state index in [-0.39, 0.29) is 11.7 Å². The van der Waals surface area contributed by atoms with Crippen molar-refractivity contribution in [2.24, 2.45) is 0 Å². The van der Waals surface area contributed by atoms with Crippen LogP contribution in [-0.2, 0) is 11.3 Å². The average Bonchev–Trinajstić information content (AvgIpc) is 3.33. The fourth-order valence-corrected chi connectivity index (χ4v) is 4.14. The first kappa shape index (κ1) is 16.3. The second-order valence-corrected chi connectivity index (χ2v) is 7.52. The van der Waals surface area contributed by atoms with Crippen LogP contribution in [0.4, 0.5) is 4.79 Å². The van der Waals surface area contributed by atoms with Crippen LogP contribution in [0, 0.1) is 0 Å². The molecule has 27 heavy (non-hydrogen) atoms. The minimum Gasteiger partial charge on any atom is -0.439 e. The number of likely N-dealkylation sites (tertiary alicyclic amines) is 1. The molecule has 1 spiro atoms. The van der Waals surface area contributed by atoms with Crippen molar-refractivity contribution in [2.75, 3.05) is 26.7 Å². The van der Waals surface area contributed by atoms with Crippen LogP contribution < -0.4 is 0 Å². The molecule has 1 amide bonds. The molecule has 2 aliphatic heterocycles. The van der Waals surface area contributed by atoms with Crippen molar-refractivity contribution in [2.45, 2.75) is 18.6 Å². The van der Waals surface area contributed by atoms with Gasteiger partial charge in [-0.3, -0.25) is 4.90 Å². The second-order valence-electron chi connectivity index (χ2n) is 7.52. The maximum atomic E-state index is 11.7. The summed E-state index contributed by atoms with van der Waals surface area (Å²) in [7, 11) is 1.79. The lowest BCUT2D eigenvalue weighted by atomic mass is 10.0. The topological polar surface area (TPSA) is 63.0 Å². The van der Waals surface area contributed by atoms with E-state index in [2.05, 4.69) is 27.1 Å². The highest BCUT2D eigenvalue weighted by molar-refractivity contribution is 5.76. The zero-order valence-corrected chi connectivity index (χ0v) is 15.2. The number of nitrogens with zero attached hydrogens (tertiary/aromatic N) is 5. The van der Waals surface area contributed by atoms with Crippen LogP contribution in [0.5, 0.6) is 0 Å². The molecule has 0 bridgehead atoms. The molecule has 3 aromatic rings. The van der Waals surface area contributed by atoms with E-state index in [4.69, 9.17) is 4.74 Å². The Balaban J connectivity index is 1.34. The first-order valence-electron chi connectivity index (χ1n) is 9.16. The number of likely N-dealkylation sites (N-methyl/N-ethyl adjacent to an activating group) is 1. The van der Waals surface area contributed by atoms with Crippen LogP contribution in [0.2, 0.25) is 0 Å². The van der Waals surface area contributed by atoms with Crippen LogP contribution >= 0.6 is 0 Å². The Bertz CT molecular complexity index is 1000. The summed E-state index contributed by atoms with van der Waals surface area (Å²) in [6, 6.07) is 10.2. The standard InChI is InChI=1S/C20H21N5O2/c1-23-13-20(27-19(23)26)7-8-24(14-20)11-15-9-21-18-17(10-22-25(18)12-15)16-5-3-2-4-6-16/h2-6,9-10,12H,7-8,11,13-14H2,1H3/t20-/m0/s1. The fraction of sp³-hybridized carbons (Fsp3) is 0.350. The number of fused-ring (bicyclic) bond motifs is 1. The molecule has 1 aromatic carbocycles. The molecule has 2 aromatic heterocycles. The van der Waals surface area contributed by atoms with Crippen molar-refractivity contribution in [3.63, 3.8) is 0 Å². The molecule has 4 heterocycles. The van der Waals surface area contributed by atoms with Crippen LogP contribution in [-0.4, -0.2) is 62.8 Å². The largest absolute Gasteiger partial charge is 0.439 e. The molecule has 138 valence electrons. The van der Waals surface area contributed by atoms with Gasteiger partial charge in [0.15, 0.2) is 5.65 Å². The number of amides is 1. The van der Waals surface area contributed by atoms with Crippen molar-refractivity contribution in [3.05, 3.63) is 54.5 Å². The van der Waals surface area contributed by atoms with Crippen LogP contribution in [0.25, 0.3) is 16.8 Å². The number of benzene rings is 1. The predicted octanol–water partition coefficient (Wildman–Crippen LogP) is 2.42. The molecule has 7 nitrogen and oxygen atoms in total. The molecule has 5 rings (SSSR count). The van der Waals surface area contributed by atoms with E-state index in [9.17, 15) is 4.79 Å². The van der Waals surface area contributed by atoms with E-state index in [1.165, 1.54) is 0 Å². The number of aromatic nitrogens is 3. The van der Waals surface area contributed by atoms with Crippen molar-refractivity contribution < 1.29 is 9.53 Å². The summed E-state index contributed by atoms with van der Waals surface area (Å²) in [5, 5.41) is 4.48. The summed E-state index contributed by atoms with van der Waals surface area (Å²) in [6.45, 7) is 3.11. The maximum Gasteiger partial charge on any atom is 0.410 e. The van der Waals surface area contributed by atoms with Gasteiger partial charge in [-0.2, -0.15) is 5.10 Å². The summed E-state index contributed by atoms with van der Waals surface area (Å²) in [4.78, 5) is 20.4. The quantitative estimate of drug-likeness (QED) is 0.715. The zero-order chi connectivity index (χ0) is 18.4. The van der Waals surface area contributed by atoms with Gasteiger partial charge in [-0.05, 0) is 5.56 Å². The monoisotopic (exact) mass is 363 g/mol. The lowest BCUT2D eigenvalue weighted by Gasteiger charge is -2.21. The molecule has 2 aliphatic rings. The van der Waals surface area contributed by atoms with Crippen LogP contribution in [0.15, 0.2) is 48.9 Å². The number of carbonyl (C=O) groups is 1. The van der Waals surface area contributed by atoms with E-state index in [1.807, 2.05) is 41.3 Å². The molecule has 1 atom stereocenters. The van der Waals surface area contributed by atoms with Crippen molar-refractivity contribution in [1.29, 1.82) is 0 Å². The minimum atomic E-state index is -0.352. The van der Waals surface area contributed by atoms with E-state index < -0.39 is 0 Å². The molecule has 0 saturated carbocycles. The predicted molar refractivity (Wildman–Crippen MR) is 100 cm³/mol. The van der Waals surface area contributed by atoms with Gasteiger partial charge in [-0.1, -0.05) is 30.3 Å². The van der Waals surface area contributed by atoms with Gasteiger partial charge in [0.1, 0.15) is 5.60 Å². The highest BCUT2D eigenvalue weighted by atomic mass is 16.6. The van der Waals surface area contributed by atoms with E-state index >= 15 is 0 Å². The lowest BCUT2D eigenvalue weighted by Crippen LogP contribution is -2.37. The van der Waals surface area contributed by atoms with Crippen molar-refractivity contribution in [1.82, 2.24) is 24.4 Å². The number of hydrogen-bond donors (Lipinski definition) is 0. The van der Waals surface area contributed by atoms with Gasteiger partial charge in [-0.15, -0.1) is 0 Å². The first-order valence-corrected chi connectivity index (χ1v) is 9.16. The molecule has 7 heteroatoms. The van der Waals surface area contributed by atoms with E-state index in [0.29, 0.717) is 6.54 Å². The van der Waals surface area contributed by atoms with Gasteiger partial charge in [0.25, 0.3) is 0 Å². The van der Waals surface area contributed by atoms with E-state index in [1.54, 1.807) is 11.9 Å². The number of rotatable bonds is 3. The molecule has 0 unspecified atom stereocenters. The summed E-state index contributed by atoms with van der Waals surface area (Å²) in [6.07, 6.45) is 6.47. The molecule has 2 fully saturated rings. The number of hydrogen-bond acceptors (Lipinski definition) is 5. The van der Waals surface area contributed by atoms with Gasteiger partial charge < -0.3 is 9.64 Å². The highest BCUT2D eigenvalue weighted by Crippen LogP contribution is 2.32. The van der Waals surface area contributed by atoms with E-state index in [0.717, 1.165) is 48.4 Å². The maximum absolute atomic E-state index is 11.7. The fourth-order valence-electron chi connectivity index (χ4n) is 4.14. The normalized spacial score (nSPS) is 22.9. The minimum absolute atomic E-state index is 0.218. The molecule has 0 radical (unpaired) electrons. The van der Waals surface area contributed by atoms with Crippen LogP contribution in [0.3, 0.4) is 0 Å². The van der Waals surface area contributed by atoms with Crippen LogP contribution in [0.1, 0.15) is 12.0 Å². The summed E-state index contributed by atoms with van der Waals surface area (Å²) < 4.78 is 7.46. The number of ether oxygens (including phenoxy) is 1. The van der Waals surface area contributed by atoms with Gasteiger partial charge in [0.05, 0.1) is 12.7 Å². The average molecular weight is 363 g/mol. The first-order chi connectivity index (χ1) is 13.1. The zero-order valence-electron chi connectivity index (χ0n) is 15.2. The molecule has 0 aliphatic carbocycles. The molecular formula is C20H21N5O2. The smallest absolute Gasteiger partial charge is 0.410 e. The Hall–Kier alpha value is -2.93. The third-order valence-corrected chi connectivity index (χ3v) is 5.44. The highest BCUT2D eigenvalue weighted by Gasteiger charge is 2.48. The Morgan fingerprint density at radius 1 is 1.19 bits per heavy atom. The Morgan fingerprint density at radius 2 is 2.04 bits per heavy atom. The van der Waals surface area contributed by atoms with Gasteiger partial charge in [0.2, 0.25) is 0 Å². The second kappa shape index (κ2) is 6.06. The van der Waals surface area contributed by atoms with Gasteiger partial charge in [-0.25, -0.2) is 14.3 Å². The summed E-state index contributed by atoms with van der Waals surface area (Å²) in [5.74, 6) is 0. The Kier molecular flexibility index (Phi) is 3.65. The van der Waals surface area contributed by atoms with Crippen molar-refractivity contribution in [3.8, 4) is 11.1 Å². The summed E-state index contributed by atoms with van der Waals surface area (Å²) in [5.41, 5.74) is 3.74. The van der Waals surface area contributed by atoms with Crippen molar-refractivity contribution >= 4 is 11.7 Å². The third kappa shape index (κ3) is 2.84. The summed E-state index contributed by atoms with van der Waals surface area (Å²) >= 11 is 0.